The summed E-state index contributed by atoms with van der Waals surface area (Å²) in [5.41, 5.74) is 0.107. The van der Waals surface area contributed by atoms with Crippen LogP contribution < -0.4 is 10.3 Å². The van der Waals surface area contributed by atoms with Crippen molar-refractivity contribution in [2.75, 3.05) is 6.61 Å². The molecule has 0 aliphatic heterocycles. The number of halogens is 1. The Labute approximate surface area is 153 Å². The molecule has 0 amide bonds. The highest BCUT2D eigenvalue weighted by Crippen LogP contribution is 2.30. The molecular weight excluding hydrogens is 358 g/mol. The summed E-state index contributed by atoms with van der Waals surface area (Å²) in [6.07, 6.45) is 1.92. The van der Waals surface area contributed by atoms with Gasteiger partial charge in [-0.05, 0) is 24.6 Å². The third-order valence-electron chi connectivity index (χ3n) is 3.87. The van der Waals surface area contributed by atoms with Crippen molar-refractivity contribution >= 4 is 28.2 Å². The van der Waals surface area contributed by atoms with E-state index in [0.717, 1.165) is 18.9 Å². The van der Waals surface area contributed by atoms with Crippen LogP contribution in [0.1, 0.15) is 19.8 Å². The number of hydrogen-bond donors (Lipinski definition) is 1. The molecule has 1 heterocycles. The van der Waals surface area contributed by atoms with Crippen molar-refractivity contribution < 1.29 is 9.66 Å². The summed E-state index contributed by atoms with van der Waals surface area (Å²) in [4.78, 5) is 29.9. The highest BCUT2D eigenvalue weighted by molar-refractivity contribution is 6.33. The molecule has 0 bridgehead atoms. The normalized spacial score (nSPS) is 10.8. The fourth-order valence-electron chi connectivity index (χ4n) is 2.53. The van der Waals surface area contributed by atoms with Crippen LogP contribution >= 0.6 is 11.6 Å². The zero-order valence-corrected chi connectivity index (χ0v) is 14.7. The highest BCUT2D eigenvalue weighted by atomic mass is 35.5. The second-order valence-corrected chi connectivity index (χ2v) is 6.10. The first kappa shape index (κ1) is 17.9. The maximum absolute atomic E-state index is 12.4. The molecule has 0 fully saturated rings. The molecule has 0 aliphatic carbocycles. The van der Waals surface area contributed by atoms with Crippen LogP contribution in [-0.4, -0.2) is 21.5 Å². The van der Waals surface area contributed by atoms with E-state index in [1.54, 1.807) is 12.1 Å². The summed E-state index contributed by atoms with van der Waals surface area (Å²) in [6, 6.07) is 9.71. The molecule has 3 rings (SSSR count). The van der Waals surface area contributed by atoms with Crippen LogP contribution in [0.25, 0.3) is 22.3 Å². The number of unbranched alkanes of at least 4 members (excludes halogenated alkanes) is 1. The number of nitrogens with zero attached hydrogens (tertiary/aromatic N) is 2. The van der Waals surface area contributed by atoms with Gasteiger partial charge in [-0.15, -0.1) is 0 Å². The molecule has 134 valence electrons. The van der Waals surface area contributed by atoms with Crippen molar-refractivity contribution in [1.29, 1.82) is 0 Å². The second kappa shape index (κ2) is 7.53. The number of benzene rings is 2. The molecule has 0 saturated heterocycles. The molecule has 3 aromatic rings. The smallest absolute Gasteiger partial charge is 0.288 e. The van der Waals surface area contributed by atoms with Crippen molar-refractivity contribution in [1.82, 2.24) is 9.97 Å². The van der Waals surface area contributed by atoms with Crippen molar-refractivity contribution in [3.05, 3.63) is 61.9 Å². The first-order valence-corrected chi connectivity index (χ1v) is 8.49. The Balaban J connectivity index is 2.12. The zero-order chi connectivity index (χ0) is 18.7. The number of ether oxygens (including phenoxy) is 1. The summed E-state index contributed by atoms with van der Waals surface area (Å²) >= 11 is 5.95. The third kappa shape index (κ3) is 3.52. The lowest BCUT2D eigenvalue weighted by Gasteiger charge is -2.11. The molecule has 26 heavy (non-hydrogen) atoms. The van der Waals surface area contributed by atoms with Gasteiger partial charge in [0.2, 0.25) is 0 Å². The number of nitrogens with one attached hydrogen (secondary N) is 1. The molecule has 0 saturated carbocycles. The SMILES string of the molecule is CCCCOc1ccccc1-c1nc2cc(Cl)c([N+](=O)[O-])cc2c(=O)[nH]1. The fraction of sp³-hybridized carbons (Fsp3) is 0.222. The Kier molecular flexibility index (Phi) is 5.18. The topological polar surface area (TPSA) is 98.1 Å². The minimum Gasteiger partial charge on any atom is -0.493 e. The Bertz CT molecular complexity index is 1030. The van der Waals surface area contributed by atoms with E-state index in [-0.39, 0.29) is 21.6 Å². The average Bonchev–Trinajstić information content (AvgIpc) is 2.61. The van der Waals surface area contributed by atoms with E-state index in [0.29, 0.717) is 23.7 Å². The van der Waals surface area contributed by atoms with E-state index in [1.165, 1.54) is 6.07 Å². The fourth-order valence-corrected chi connectivity index (χ4v) is 2.76. The van der Waals surface area contributed by atoms with Gasteiger partial charge in [0.25, 0.3) is 11.2 Å². The van der Waals surface area contributed by atoms with Crippen LogP contribution in [0.15, 0.2) is 41.2 Å². The first-order chi connectivity index (χ1) is 12.5. The molecule has 1 aromatic heterocycles. The summed E-state index contributed by atoms with van der Waals surface area (Å²) in [5, 5.41) is 11.0. The van der Waals surface area contributed by atoms with Crippen molar-refractivity contribution in [2.24, 2.45) is 0 Å². The van der Waals surface area contributed by atoms with E-state index in [9.17, 15) is 14.9 Å². The van der Waals surface area contributed by atoms with E-state index >= 15 is 0 Å². The molecule has 0 radical (unpaired) electrons. The lowest BCUT2D eigenvalue weighted by Crippen LogP contribution is -2.11. The van der Waals surface area contributed by atoms with Crippen LogP contribution in [0.5, 0.6) is 5.75 Å². The van der Waals surface area contributed by atoms with Crippen molar-refractivity contribution in [3.63, 3.8) is 0 Å². The van der Waals surface area contributed by atoms with Gasteiger partial charge in [-0.2, -0.15) is 0 Å². The number of fused-ring (bicyclic) bond motifs is 1. The van der Waals surface area contributed by atoms with Crippen LogP contribution in [0.4, 0.5) is 5.69 Å². The van der Waals surface area contributed by atoms with E-state index in [1.807, 2.05) is 12.1 Å². The number of nitro benzene ring substituents is 1. The summed E-state index contributed by atoms with van der Waals surface area (Å²) in [5.74, 6) is 0.927. The molecule has 2 aromatic carbocycles. The summed E-state index contributed by atoms with van der Waals surface area (Å²) < 4.78 is 5.78. The van der Waals surface area contributed by atoms with Gasteiger partial charge in [0.15, 0.2) is 0 Å². The Hall–Kier alpha value is -2.93. The predicted molar refractivity (Wildman–Crippen MR) is 99.9 cm³/mol. The molecule has 0 unspecified atom stereocenters. The van der Waals surface area contributed by atoms with Crippen molar-refractivity contribution in [2.45, 2.75) is 19.8 Å². The number of H-pyrrole nitrogens is 1. The Morgan fingerprint density at radius 2 is 2.08 bits per heavy atom. The molecule has 0 aliphatic rings. The van der Waals surface area contributed by atoms with Crippen LogP contribution in [0, 0.1) is 10.1 Å². The summed E-state index contributed by atoms with van der Waals surface area (Å²) in [6.45, 7) is 2.63. The second-order valence-electron chi connectivity index (χ2n) is 5.69. The van der Waals surface area contributed by atoms with E-state index < -0.39 is 10.5 Å². The molecule has 0 spiro atoms. The Morgan fingerprint density at radius 1 is 1.31 bits per heavy atom. The number of nitro groups is 1. The molecule has 0 atom stereocenters. The van der Waals surface area contributed by atoms with E-state index in [4.69, 9.17) is 16.3 Å². The zero-order valence-electron chi connectivity index (χ0n) is 14.0. The number of para-hydroxylation sites is 1. The summed E-state index contributed by atoms with van der Waals surface area (Å²) in [7, 11) is 0. The van der Waals surface area contributed by atoms with Crippen LogP contribution in [0.2, 0.25) is 5.02 Å². The van der Waals surface area contributed by atoms with Gasteiger partial charge < -0.3 is 9.72 Å². The molecule has 8 heteroatoms. The van der Waals surface area contributed by atoms with Crippen LogP contribution in [0.3, 0.4) is 0 Å². The van der Waals surface area contributed by atoms with Gasteiger partial charge in [-0.25, -0.2) is 4.98 Å². The number of hydrogen-bond acceptors (Lipinski definition) is 5. The lowest BCUT2D eigenvalue weighted by atomic mass is 10.1. The van der Waals surface area contributed by atoms with Crippen molar-refractivity contribution in [3.8, 4) is 17.1 Å². The maximum atomic E-state index is 12.4. The van der Waals surface area contributed by atoms with Crippen LogP contribution in [-0.2, 0) is 0 Å². The predicted octanol–water partition coefficient (Wildman–Crippen LogP) is 4.33. The van der Waals surface area contributed by atoms with Gasteiger partial charge in [-0.3, -0.25) is 14.9 Å². The van der Waals surface area contributed by atoms with Gasteiger partial charge in [-0.1, -0.05) is 37.1 Å². The standard InChI is InChI=1S/C18H16ClN3O4/c1-2-3-8-26-16-7-5-4-6-11(16)17-20-14-10-13(19)15(22(24)25)9-12(14)18(23)21-17/h4-7,9-10H,2-3,8H2,1H3,(H,20,21,23). The number of rotatable bonds is 6. The van der Waals surface area contributed by atoms with Gasteiger partial charge in [0, 0.05) is 6.07 Å². The van der Waals surface area contributed by atoms with Gasteiger partial charge in [0.05, 0.1) is 28.0 Å². The molecular formula is C18H16ClN3O4. The third-order valence-corrected chi connectivity index (χ3v) is 4.17. The highest BCUT2D eigenvalue weighted by Gasteiger charge is 2.17. The molecule has 7 nitrogen and oxygen atoms in total. The van der Waals surface area contributed by atoms with Gasteiger partial charge >= 0.3 is 0 Å². The van der Waals surface area contributed by atoms with Gasteiger partial charge in [0.1, 0.15) is 16.6 Å². The monoisotopic (exact) mass is 373 g/mol. The first-order valence-electron chi connectivity index (χ1n) is 8.11. The quantitative estimate of drug-likeness (QED) is 0.394. The average molecular weight is 374 g/mol. The molecule has 1 N–H and O–H groups in total. The minimum atomic E-state index is -0.633. The minimum absolute atomic E-state index is 0.0703. The number of aromatic amines is 1. The lowest BCUT2D eigenvalue weighted by molar-refractivity contribution is -0.384. The largest absolute Gasteiger partial charge is 0.493 e. The Morgan fingerprint density at radius 3 is 2.81 bits per heavy atom. The van der Waals surface area contributed by atoms with E-state index in [2.05, 4.69) is 16.9 Å². The maximum Gasteiger partial charge on any atom is 0.288 e. The number of aromatic nitrogens is 2.